The van der Waals surface area contributed by atoms with Crippen molar-refractivity contribution in [3.63, 3.8) is 0 Å². The Morgan fingerprint density at radius 2 is 1.97 bits per heavy atom. The van der Waals surface area contributed by atoms with Crippen LogP contribution in [0, 0.1) is 6.92 Å². The zero-order valence-electron chi connectivity index (χ0n) is 18.5. The molecule has 2 N–H and O–H groups in total. The summed E-state index contributed by atoms with van der Waals surface area (Å²) in [7, 11) is 1.79. The molecule has 1 aromatic carbocycles. The summed E-state index contributed by atoms with van der Waals surface area (Å²) < 4.78 is 16.0. The van der Waals surface area contributed by atoms with Gasteiger partial charge in [0.25, 0.3) is 11.7 Å². The summed E-state index contributed by atoms with van der Waals surface area (Å²) >= 11 is 0. The molecule has 7 nitrogen and oxygen atoms in total. The van der Waals surface area contributed by atoms with Gasteiger partial charge >= 0.3 is 0 Å². The van der Waals surface area contributed by atoms with Crippen LogP contribution in [0.4, 0.5) is 10.2 Å². The fraction of sp³-hybridized carbons (Fsp3) is 0.478. The molecule has 0 aliphatic carbocycles. The van der Waals surface area contributed by atoms with E-state index in [1.54, 1.807) is 31.3 Å². The van der Waals surface area contributed by atoms with Gasteiger partial charge in [-0.25, -0.2) is 14.4 Å². The molecular weight excluding hydrogens is 397 g/mol. The smallest absolute Gasteiger partial charge is 0.281 e. The molecule has 166 valence electrons. The number of hydrogen-bond acceptors (Lipinski definition) is 5. The molecule has 0 saturated carbocycles. The molecule has 0 bridgehead atoms. The first-order chi connectivity index (χ1) is 14.6. The second kappa shape index (κ2) is 8.99. The van der Waals surface area contributed by atoms with E-state index in [1.165, 1.54) is 11.8 Å². The number of nitrogens with one attached hydrogen (secondary N) is 2. The number of halogens is 1. The zero-order valence-corrected chi connectivity index (χ0v) is 18.5. The number of benzene rings is 1. The summed E-state index contributed by atoms with van der Waals surface area (Å²) in [5.74, 6) is -2.52. The van der Waals surface area contributed by atoms with Crippen molar-refractivity contribution in [3.8, 4) is 0 Å². The van der Waals surface area contributed by atoms with E-state index < -0.39 is 23.0 Å². The Balaban J connectivity index is 1.88. The van der Waals surface area contributed by atoms with E-state index in [4.69, 9.17) is 0 Å². The van der Waals surface area contributed by atoms with E-state index >= 15 is 4.39 Å². The SMILES string of the molecule is CNc1cc(C)nc([C@@]2(C)CCCN(C(=O)[C@](F)(Cc3ccccc3)NC(C)=O)C2)n1. The highest BCUT2D eigenvalue weighted by atomic mass is 19.1. The summed E-state index contributed by atoms with van der Waals surface area (Å²) in [4.78, 5) is 35.8. The predicted octanol–water partition coefficient (Wildman–Crippen LogP) is 2.75. The molecule has 0 radical (unpaired) electrons. The number of alkyl halides is 1. The Morgan fingerprint density at radius 1 is 1.26 bits per heavy atom. The van der Waals surface area contributed by atoms with Crippen LogP contribution in [0.2, 0.25) is 0 Å². The van der Waals surface area contributed by atoms with Gasteiger partial charge < -0.3 is 15.5 Å². The van der Waals surface area contributed by atoms with Crippen LogP contribution in [0.1, 0.15) is 43.8 Å². The van der Waals surface area contributed by atoms with Crippen molar-refractivity contribution in [1.29, 1.82) is 0 Å². The largest absolute Gasteiger partial charge is 0.373 e. The molecule has 8 heteroatoms. The minimum atomic E-state index is -2.52. The van der Waals surface area contributed by atoms with Crippen molar-refractivity contribution in [2.45, 2.75) is 51.2 Å². The standard InChI is InChI=1S/C23H30FN5O2/c1-16-13-19(25-4)27-20(26-16)22(3)11-8-12-29(15-22)21(31)23(24,28-17(2)30)14-18-9-6-5-7-10-18/h5-7,9-10,13H,8,11-12,14-15H2,1-4H3,(H,28,30)(H,25,26,27)/t22-,23-/m0/s1. The first-order valence-electron chi connectivity index (χ1n) is 10.5. The van der Waals surface area contributed by atoms with E-state index in [2.05, 4.69) is 20.6 Å². The van der Waals surface area contributed by atoms with Gasteiger partial charge in [0.05, 0.1) is 0 Å². The number of aromatic nitrogens is 2. The first kappa shape index (κ1) is 22.7. The fourth-order valence-corrected chi connectivity index (χ4v) is 4.14. The molecule has 31 heavy (non-hydrogen) atoms. The molecule has 0 unspecified atom stereocenters. The second-order valence-electron chi connectivity index (χ2n) is 8.50. The van der Waals surface area contributed by atoms with Crippen molar-refractivity contribution in [2.24, 2.45) is 0 Å². The number of hydrogen-bond donors (Lipinski definition) is 2. The van der Waals surface area contributed by atoms with E-state index in [0.29, 0.717) is 30.2 Å². The maximum absolute atomic E-state index is 16.0. The molecule has 1 aliphatic rings. The third kappa shape index (κ3) is 5.18. The molecule has 0 spiro atoms. The number of anilines is 1. The number of carbonyl (C=O) groups is 2. The zero-order chi connectivity index (χ0) is 22.6. The van der Waals surface area contributed by atoms with Gasteiger partial charge in [0, 0.05) is 50.7 Å². The summed E-state index contributed by atoms with van der Waals surface area (Å²) in [6.07, 6.45) is 1.24. The second-order valence-corrected chi connectivity index (χ2v) is 8.50. The lowest BCUT2D eigenvalue weighted by Crippen LogP contribution is -2.60. The van der Waals surface area contributed by atoms with Crippen molar-refractivity contribution in [2.75, 3.05) is 25.5 Å². The van der Waals surface area contributed by atoms with Crippen LogP contribution in [-0.2, 0) is 21.4 Å². The van der Waals surface area contributed by atoms with Gasteiger partial charge in [-0.05, 0) is 25.3 Å². The van der Waals surface area contributed by atoms with Gasteiger partial charge in [0.15, 0.2) is 0 Å². The average molecular weight is 428 g/mol. The third-order valence-electron chi connectivity index (χ3n) is 5.64. The Labute approximate surface area is 182 Å². The molecule has 2 atom stereocenters. The Morgan fingerprint density at radius 3 is 2.61 bits per heavy atom. The monoisotopic (exact) mass is 427 g/mol. The van der Waals surface area contributed by atoms with E-state index in [-0.39, 0.29) is 13.0 Å². The quantitative estimate of drug-likeness (QED) is 0.693. The van der Waals surface area contributed by atoms with Crippen molar-refractivity contribution < 1.29 is 14.0 Å². The fourth-order valence-electron chi connectivity index (χ4n) is 4.14. The third-order valence-corrected chi connectivity index (χ3v) is 5.64. The minimum absolute atomic E-state index is 0.232. The highest BCUT2D eigenvalue weighted by Gasteiger charge is 2.46. The average Bonchev–Trinajstić information content (AvgIpc) is 2.72. The molecule has 1 aliphatic heterocycles. The van der Waals surface area contributed by atoms with E-state index in [0.717, 1.165) is 12.1 Å². The number of nitrogens with zero attached hydrogens (tertiary/aromatic N) is 3. The van der Waals surface area contributed by atoms with Crippen LogP contribution in [0.15, 0.2) is 36.4 Å². The lowest BCUT2D eigenvalue weighted by Gasteiger charge is -2.42. The summed E-state index contributed by atoms with van der Waals surface area (Å²) in [5.41, 5.74) is 0.934. The molecular formula is C23H30FN5O2. The Hall–Kier alpha value is -3.03. The number of rotatable bonds is 6. The molecule has 2 aromatic rings. The summed E-state index contributed by atoms with van der Waals surface area (Å²) in [6, 6.07) is 10.7. The maximum Gasteiger partial charge on any atom is 0.281 e. The van der Waals surface area contributed by atoms with Gasteiger partial charge in [0.2, 0.25) is 5.91 Å². The summed E-state index contributed by atoms with van der Waals surface area (Å²) in [5, 5.41) is 5.29. The lowest BCUT2D eigenvalue weighted by atomic mass is 9.80. The molecule has 3 rings (SSSR count). The maximum atomic E-state index is 16.0. The Kier molecular flexibility index (Phi) is 6.57. The highest BCUT2D eigenvalue weighted by molar-refractivity contribution is 5.90. The van der Waals surface area contributed by atoms with Crippen LogP contribution >= 0.6 is 0 Å². The van der Waals surface area contributed by atoms with Gasteiger partial charge in [0.1, 0.15) is 11.6 Å². The van der Waals surface area contributed by atoms with Gasteiger partial charge in [-0.3, -0.25) is 9.59 Å². The van der Waals surface area contributed by atoms with Gasteiger partial charge in [-0.1, -0.05) is 37.3 Å². The normalized spacial score (nSPS) is 20.6. The highest BCUT2D eigenvalue weighted by Crippen LogP contribution is 2.34. The topological polar surface area (TPSA) is 87.2 Å². The number of amides is 2. The van der Waals surface area contributed by atoms with Gasteiger partial charge in [-0.2, -0.15) is 0 Å². The number of likely N-dealkylation sites (tertiary alicyclic amines) is 1. The lowest BCUT2D eigenvalue weighted by molar-refractivity contribution is -0.152. The Bertz CT molecular complexity index is 954. The van der Waals surface area contributed by atoms with Crippen LogP contribution in [-0.4, -0.2) is 52.6 Å². The van der Waals surface area contributed by atoms with E-state index in [1.807, 2.05) is 26.0 Å². The minimum Gasteiger partial charge on any atom is -0.373 e. The molecule has 2 heterocycles. The molecule has 2 amide bonds. The van der Waals surface area contributed by atoms with Crippen LogP contribution in [0.5, 0.6) is 0 Å². The summed E-state index contributed by atoms with van der Waals surface area (Å²) in [6.45, 7) is 5.80. The predicted molar refractivity (Wildman–Crippen MR) is 117 cm³/mol. The number of piperidine rings is 1. The first-order valence-corrected chi connectivity index (χ1v) is 10.5. The van der Waals surface area contributed by atoms with Crippen LogP contribution < -0.4 is 10.6 Å². The van der Waals surface area contributed by atoms with Crippen molar-refractivity contribution in [1.82, 2.24) is 20.2 Å². The van der Waals surface area contributed by atoms with Crippen LogP contribution in [0.25, 0.3) is 0 Å². The van der Waals surface area contributed by atoms with Gasteiger partial charge in [-0.15, -0.1) is 0 Å². The molecule has 1 saturated heterocycles. The number of aryl methyl sites for hydroxylation is 1. The van der Waals surface area contributed by atoms with Crippen molar-refractivity contribution >= 4 is 17.6 Å². The number of carbonyl (C=O) groups excluding carboxylic acids is 2. The molecule has 1 fully saturated rings. The van der Waals surface area contributed by atoms with Crippen molar-refractivity contribution in [3.05, 3.63) is 53.5 Å². The van der Waals surface area contributed by atoms with Crippen LogP contribution in [0.3, 0.4) is 0 Å². The molecule has 1 aromatic heterocycles. The van der Waals surface area contributed by atoms with E-state index in [9.17, 15) is 9.59 Å².